The maximum atomic E-state index is 12.4. The molecule has 0 radical (unpaired) electrons. The van der Waals surface area contributed by atoms with Crippen LogP contribution < -0.4 is 25.4 Å². The molecular weight excluding hydrogens is 570 g/mol. The summed E-state index contributed by atoms with van der Waals surface area (Å²) >= 11 is 0. The number of amides is 1. The third-order valence-corrected chi connectivity index (χ3v) is 8.11. The Kier molecular flexibility index (Phi) is 11.8. The predicted octanol–water partition coefficient (Wildman–Crippen LogP) is 7.22. The van der Waals surface area contributed by atoms with Crippen molar-refractivity contribution in [1.29, 1.82) is 0 Å². The highest BCUT2D eigenvalue weighted by molar-refractivity contribution is 6.02. The maximum absolute atomic E-state index is 12.4. The van der Waals surface area contributed by atoms with Crippen LogP contribution in [0.5, 0.6) is 11.5 Å². The van der Waals surface area contributed by atoms with Crippen LogP contribution in [0.25, 0.3) is 21.5 Å². The van der Waals surface area contributed by atoms with Crippen LogP contribution in [0.15, 0.2) is 103 Å². The fourth-order valence-electron chi connectivity index (χ4n) is 5.68. The zero-order valence-corrected chi connectivity index (χ0v) is 26.8. The van der Waals surface area contributed by atoms with E-state index in [4.69, 9.17) is 12.2 Å². The lowest BCUT2D eigenvalue weighted by molar-refractivity contribution is -0.121. The highest BCUT2D eigenvalue weighted by atomic mass is 16.5. The SMILES string of the molecule is [2H]C([2H])(CNCCCNC(=O)CCCOc1ccc(CNCCc2ccccc2)c(OC)c1)Cc1c2ccccc2cc2ccccc12. The van der Waals surface area contributed by atoms with Crippen LogP contribution in [-0.2, 0) is 24.2 Å². The number of aryl methyl sites for hydroxylation is 1. The summed E-state index contributed by atoms with van der Waals surface area (Å²) in [4.78, 5) is 12.4. The van der Waals surface area contributed by atoms with Gasteiger partial charge in [-0.25, -0.2) is 0 Å². The molecule has 3 N–H and O–H groups in total. The standard InChI is InChI=1S/C40H47N3O3/c1-45-39-29-35(21-20-34(39)30-42-26-22-31-12-3-2-4-13-31)46-27-10-19-40(44)43-25-11-24-41-23-9-18-38-36-16-7-5-14-32(36)28-33-15-6-8-17-37(33)38/h2-8,12-17,20-21,28-29,41-42H,9-11,18-19,22-27,30H2,1H3,(H,43,44)/i9D2. The molecule has 0 heterocycles. The molecule has 0 aliphatic rings. The van der Waals surface area contributed by atoms with Crippen LogP contribution >= 0.6 is 0 Å². The molecule has 0 aliphatic carbocycles. The van der Waals surface area contributed by atoms with Crippen molar-refractivity contribution in [3.05, 3.63) is 120 Å². The molecule has 0 bridgehead atoms. The van der Waals surface area contributed by atoms with Crippen LogP contribution in [0.1, 0.15) is 45.1 Å². The molecule has 5 aromatic rings. The van der Waals surface area contributed by atoms with E-state index in [9.17, 15) is 4.79 Å². The Morgan fingerprint density at radius 1 is 0.739 bits per heavy atom. The Bertz CT molecular complexity index is 1710. The van der Waals surface area contributed by atoms with Gasteiger partial charge in [-0.3, -0.25) is 4.79 Å². The Morgan fingerprint density at radius 3 is 2.24 bits per heavy atom. The molecule has 5 rings (SSSR count). The van der Waals surface area contributed by atoms with E-state index in [-0.39, 0.29) is 12.5 Å². The molecule has 6 nitrogen and oxygen atoms in total. The molecule has 0 atom stereocenters. The second kappa shape index (κ2) is 17.9. The summed E-state index contributed by atoms with van der Waals surface area (Å²) in [5, 5.41) is 14.2. The van der Waals surface area contributed by atoms with Gasteiger partial charge in [-0.05, 0) is 96.5 Å². The Hall–Kier alpha value is -4.39. The molecule has 46 heavy (non-hydrogen) atoms. The van der Waals surface area contributed by atoms with Crippen molar-refractivity contribution >= 4 is 27.5 Å². The molecular formula is C40H47N3O3. The monoisotopic (exact) mass is 619 g/mol. The topological polar surface area (TPSA) is 71.6 Å². The van der Waals surface area contributed by atoms with Crippen LogP contribution in [0, 0.1) is 0 Å². The second-order valence-electron chi connectivity index (χ2n) is 11.4. The van der Waals surface area contributed by atoms with Gasteiger partial charge in [-0.2, -0.15) is 0 Å². The van der Waals surface area contributed by atoms with Gasteiger partial charge in [0, 0.05) is 33.9 Å². The molecule has 0 unspecified atom stereocenters. The lowest BCUT2D eigenvalue weighted by Crippen LogP contribution is -2.27. The van der Waals surface area contributed by atoms with E-state index in [1.807, 2.05) is 48.5 Å². The third kappa shape index (κ3) is 9.80. The van der Waals surface area contributed by atoms with E-state index in [1.54, 1.807) is 7.11 Å². The van der Waals surface area contributed by atoms with Gasteiger partial charge in [0.05, 0.1) is 13.7 Å². The number of benzene rings is 5. The normalized spacial score (nSPS) is 12.1. The van der Waals surface area contributed by atoms with Gasteiger partial charge in [0.2, 0.25) is 5.91 Å². The van der Waals surface area contributed by atoms with Crippen molar-refractivity contribution in [3.63, 3.8) is 0 Å². The number of rotatable bonds is 19. The van der Waals surface area contributed by atoms with Crippen LogP contribution in [0.2, 0.25) is 0 Å². The first-order chi connectivity index (χ1) is 23.4. The summed E-state index contributed by atoms with van der Waals surface area (Å²) in [6.45, 7) is 3.44. The smallest absolute Gasteiger partial charge is 0.220 e. The van der Waals surface area contributed by atoms with E-state index in [1.165, 1.54) is 5.56 Å². The Morgan fingerprint density at radius 2 is 1.48 bits per heavy atom. The molecule has 0 saturated carbocycles. The number of methoxy groups -OCH3 is 1. The molecule has 0 aliphatic heterocycles. The summed E-state index contributed by atoms with van der Waals surface area (Å²) in [5.41, 5.74) is 3.43. The average Bonchev–Trinajstić information content (AvgIpc) is 3.10. The minimum atomic E-state index is -1.42. The molecule has 0 fully saturated rings. The molecule has 0 saturated heterocycles. The number of fused-ring (bicyclic) bond motifs is 2. The number of hydrogen-bond donors (Lipinski definition) is 3. The number of hydrogen-bond acceptors (Lipinski definition) is 5. The molecule has 0 aromatic heterocycles. The number of ether oxygens (including phenoxy) is 2. The van der Waals surface area contributed by atoms with Gasteiger partial charge in [0.1, 0.15) is 11.5 Å². The van der Waals surface area contributed by atoms with E-state index >= 15 is 0 Å². The fourth-order valence-corrected chi connectivity index (χ4v) is 5.68. The first-order valence-corrected chi connectivity index (χ1v) is 16.3. The predicted molar refractivity (Wildman–Crippen MR) is 190 cm³/mol. The van der Waals surface area contributed by atoms with E-state index in [2.05, 4.69) is 70.5 Å². The van der Waals surface area contributed by atoms with E-state index in [0.717, 1.165) is 63.6 Å². The summed E-state index contributed by atoms with van der Waals surface area (Å²) in [7, 11) is 1.66. The molecule has 0 spiro atoms. The maximum Gasteiger partial charge on any atom is 0.220 e. The molecule has 240 valence electrons. The first kappa shape index (κ1) is 30.3. The highest BCUT2D eigenvalue weighted by Crippen LogP contribution is 2.29. The van der Waals surface area contributed by atoms with Gasteiger partial charge in [-0.1, -0.05) is 84.9 Å². The van der Waals surface area contributed by atoms with Crippen LogP contribution in [0.4, 0.5) is 0 Å². The molecule has 6 heteroatoms. The van der Waals surface area contributed by atoms with Gasteiger partial charge >= 0.3 is 0 Å². The summed E-state index contributed by atoms with van der Waals surface area (Å²) in [6, 6.07) is 34.9. The minimum absolute atomic E-state index is 0.00808. The Balaban J connectivity index is 0.953. The van der Waals surface area contributed by atoms with E-state index in [0.29, 0.717) is 45.5 Å². The van der Waals surface area contributed by atoms with Crippen LogP contribution in [0.3, 0.4) is 0 Å². The van der Waals surface area contributed by atoms with Gasteiger partial charge < -0.3 is 25.4 Å². The highest BCUT2D eigenvalue weighted by Gasteiger charge is 2.08. The molecule has 5 aromatic carbocycles. The largest absolute Gasteiger partial charge is 0.496 e. The van der Waals surface area contributed by atoms with Gasteiger partial charge in [0.25, 0.3) is 0 Å². The van der Waals surface area contributed by atoms with Crippen LogP contribution in [-0.4, -0.2) is 45.8 Å². The van der Waals surface area contributed by atoms with E-state index < -0.39 is 6.37 Å². The Labute approximate surface area is 276 Å². The quantitative estimate of drug-likeness (QED) is 0.0673. The summed E-state index contributed by atoms with van der Waals surface area (Å²) in [6.07, 6.45) is 1.60. The van der Waals surface area contributed by atoms with Gasteiger partial charge in [-0.15, -0.1) is 0 Å². The molecule has 1 amide bonds. The number of nitrogens with one attached hydrogen (secondary N) is 3. The van der Waals surface area contributed by atoms with Gasteiger partial charge in [0.15, 0.2) is 0 Å². The second-order valence-corrected chi connectivity index (χ2v) is 11.4. The van der Waals surface area contributed by atoms with Crippen molar-refractivity contribution in [2.75, 3.05) is 39.9 Å². The fraction of sp³-hybridized carbons (Fsp3) is 0.325. The number of carbonyl (C=O) groups is 1. The first-order valence-electron chi connectivity index (χ1n) is 17.3. The van der Waals surface area contributed by atoms with Crippen molar-refractivity contribution < 1.29 is 17.0 Å². The number of carbonyl (C=O) groups excluding carboxylic acids is 1. The van der Waals surface area contributed by atoms with Crippen molar-refractivity contribution in [2.24, 2.45) is 0 Å². The summed E-state index contributed by atoms with van der Waals surface area (Å²) < 4.78 is 28.9. The average molecular weight is 620 g/mol. The lowest BCUT2D eigenvalue weighted by atomic mass is 9.94. The minimum Gasteiger partial charge on any atom is -0.496 e. The van der Waals surface area contributed by atoms with Crippen molar-refractivity contribution in [3.8, 4) is 11.5 Å². The third-order valence-electron chi connectivity index (χ3n) is 8.11. The van der Waals surface area contributed by atoms with Crippen molar-refractivity contribution in [2.45, 2.75) is 45.0 Å². The summed E-state index contributed by atoms with van der Waals surface area (Å²) in [5.74, 6) is 1.49. The van der Waals surface area contributed by atoms with Crippen molar-refractivity contribution in [1.82, 2.24) is 16.0 Å². The zero-order chi connectivity index (χ0) is 33.6. The lowest BCUT2D eigenvalue weighted by Gasteiger charge is -2.13. The zero-order valence-electron chi connectivity index (χ0n) is 28.8.